The Balaban J connectivity index is 2.80. The van der Waals surface area contributed by atoms with Crippen LogP contribution < -0.4 is 0 Å². The first-order valence-corrected chi connectivity index (χ1v) is 7.72. The SMILES string of the molecule is Cc1nc(C)c(Cl)c(S(=O)(=O)c2ccccc2)c1Cl. The third kappa shape index (κ3) is 2.48. The van der Waals surface area contributed by atoms with Crippen molar-refractivity contribution in [2.24, 2.45) is 0 Å². The molecule has 0 bridgehead atoms. The van der Waals surface area contributed by atoms with E-state index < -0.39 is 9.84 Å². The Morgan fingerprint density at radius 3 is 1.89 bits per heavy atom. The molecule has 0 saturated carbocycles. The van der Waals surface area contributed by atoms with Crippen LogP contribution >= 0.6 is 23.2 Å². The third-order valence-electron chi connectivity index (χ3n) is 2.69. The number of nitrogens with zero attached hydrogens (tertiary/aromatic N) is 1. The van der Waals surface area contributed by atoms with Crippen LogP contribution in [0.1, 0.15) is 11.4 Å². The summed E-state index contributed by atoms with van der Waals surface area (Å²) in [6.07, 6.45) is 0. The Morgan fingerprint density at radius 2 is 1.42 bits per heavy atom. The summed E-state index contributed by atoms with van der Waals surface area (Å²) in [6, 6.07) is 8.05. The van der Waals surface area contributed by atoms with Gasteiger partial charge in [-0.1, -0.05) is 41.4 Å². The molecule has 0 N–H and O–H groups in total. The minimum absolute atomic E-state index is 0.0689. The second-order valence-electron chi connectivity index (χ2n) is 4.06. The van der Waals surface area contributed by atoms with Crippen LogP contribution in [0.2, 0.25) is 10.0 Å². The minimum Gasteiger partial charge on any atom is -0.255 e. The number of sulfone groups is 1. The molecule has 0 aliphatic heterocycles. The lowest BCUT2D eigenvalue weighted by Gasteiger charge is -2.12. The summed E-state index contributed by atoms with van der Waals surface area (Å²) < 4.78 is 25.2. The van der Waals surface area contributed by atoms with E-state index in [4.69, 9.17) is 23.2 Å². The van der Waals surface area contributed by atoms with Gasteiger partial charge in [-0.05, 0) is 26.0 Å². The van der Waals surface area contributed by atoms with Crippen molar-refractivity contribution in [1.29, 1.82) is 0 Å². The van der Waals surface area contributed by atoms with Gasteiger partial charge in [0.2, 0.25) is 9.84 Å². The number of benzene rings is 1. The molecule has 0 spiro atoms. The fourth-order valence-electron chi connectivity index (χ4n) is 1.73. The molecule has 0 fully saturated rings. The quantitative estimate of drug-likeness (QED) is 0.846. The monoisotopic (exact) mass is 315 g/mol. The van der Waals surface area contributed by atoms with Crippen molar-refractivity contribution in [3.05, 3.63) is 51.8 Å². The van der Waals surface area contributed by atoms with Gasteiger partial charge >= 0.3 is 0 Å². The molecule has 100 valence electrons. The number of rotatable bonds is 2. The van der Waals surface area contributed by atoms with Crippen molar-refractivity contribution >= 4 is 33.0 Å². The van der Waals surface area contributed by atoms with Gasteiger partial charge in [0, 0.05) is 0 Å². The second kappa shape index (κ2) is 5.12. The van der Waals surface area contributed by atoms with E-state index in [1.54, 1.807) is 32.0 Å². The van der Waals surface area contributed by atoms with Crippen LogP contribution in [0.5, 0.6) is 0 Å². The molecule has 1 aromatic heterocycles. The predicted molar refractivity (Wildman–Crippen MR) is 75.6 cm³/mol. The molecule has 0 amide bonds. The molecular formula is C13H11Cl2NO2S. The molecule has 3 nitrogen and oxygen atoms in total. The third-order valence-corrected chi connectivity index (χ3v) is 5.68. The molecule has 2 rings (SSSR count). The topological polar surface area (TPSA) is 47.0 Å². The first-order valence-electron chi connectivity index (χ1n) is 5.48. The molecule has 19 heavy (non-hydrogen) atoms. The van der Waals surface area contributed by atoms with Crippen LogP contribution in [0.3, 0.4) is 0 Å². The zero-order valence-electron chi connectivity index (χ0n) is 10.3. The Bertz CT molecular complexity index is 702. The minimum atomic E-state index is -3.75. The Kier molecular flexibility index (Phi) is 3.85. The maximum atomic E-state index is 12.6. The van der Waals surface area contributed by atoms with Gasteiger partial charge in [-0.15, -0.1) is 0 Å². The molecule has 0 saturated heterocycles. The zero-order chi connectivity index (χ0) is 14.2. The summed E-state index contributed by atoms with van der Waals surface area (Å²) in [5.41, 5.74) is 0.885. The number of hydrogen-bond donors (Lipinski definition) is 0. The van der Waals surface area contributed by atoms with Crippen LogP contribution in [-0.4, -0.2) is 13.4 Å². The van der Waals surface area contributed by atoms with E-state index in [2.05, 4.69) is 4.98 Å². The molecule has 1 aromatic carbocycles. The Morgan fingerprint density at radius 1 is 0.947 bits per heavy atom. The number of aryl methyl sites for hydroxylation is 2. The van der Waals surface area contributed by atoms with Crippen LogP contribution in [-0.2, 0) is 9.84 Å². The molecule has 0 atom stereocenters. The van der Waals surface area contributed by atoms with Gasteiger partial charge in [-0.2, -0.15) is 0 Å². The lowest BCUT2D eigenvalue weighted by molar-refractivity contribution is 0.595. The van der Waals surface area contributed by atoms with Crippen molar-refractivity contribution in [2.45, 2.75) is 23.6 Å². The summed E-state index contributed by atoms with van der Waals surface area (Å²) in [5.74, 6) is 0. The largest absolute Gasteiger partial charge is 0.255 e. The van der Waals surface area contributed by atoms with E-state index in [0.29, 0.717) is 11.4 Å². The number of pyridine rings is 1. The van der Waals surface area contributed by atoms with Crippen LogP contribution in [0, 0.1) is 13.8 Å². The van der Waals surface area contributed by atoms with Gasteiger partial charge in [0.25, 0.3) is 0 Å². The van der Waals surface area contributed by atoms with E-state index in [1.165, 1.54) is 12.1 Å². The average molecular weight is 316 g/mol. The van der Waals surface area contributed by atoms with Crippen LogP contribution in [0.4, 0.5) is 0 Å². The first-order chi connectivity index (χ1) is 8.85. The van der Waals surface area contributed by atoms with Gasteiger partial charge in [-0.25, -0.2) is 8.42 Å². The highest BCUT2D eigenvalue weighted by Crippen LogP contribution is 2.36. The van der Waals surface area contributed by atoms with E-state index in [0.717, 1.165) is 0 Å². The average Bonchev–Trinajstić information content (AvgIpc) is 2.37. The summed E-state index contributed by atoms with van der Waals surface area (Å²) in [7, 11) is -3.75. The highest BCUT2D eigenvalue weighted by Gasteiger charge is 2.26. The van der Waals surface area contributed by atoms with E-state index in [1.807, 2.05) is 0 Å². The molecule has 6 heteroatoms. The van der Waals surface area contributed by atoms with Crippen molar-refractivity contribution < 1.29 is 8.42 Å². The Labute approximate surface area is 122 Å². The molecule has 1 heterocycles. The van der Waals surface area contributed by atoms with Gasteiger partial charge < -0.3 is 0 Å². The maximum Gasteiger partial charge on any atom is 0.209 e. The van der Waals surface area contributed by atoms with Crippen LogP contribution in [0.15, 0.2) is 40.1 Å². The molecular weight excluding hydrogens is 305 g/mol. The summed E-state index contributed by atoms with van der Waals surface area (Å²) in [4.78, 5) is 4.19. The lowest BCUT2D eigenvalue weighted by Crippen LogP contribution is -2.07. The highest BCUT2D eigenvalue weighted by molar-refractivity contribution is 7.91. The number of halogens is 2. The molecule has 0 aliphatic carbocycles. The molecule has 0 aliphatic rings. The van der Waals surface area contributed by atoms with Gasteiger partial charge in [0.05, 0.1) is 26.3 Å². The fourth-order valence-corrected chi connectivity index (χ4v) is 4.18. The van der Waals surface area contributed by atoms with Crippen molar-refractivity contribution in [1.82, 2.24) is 4.98 Å². The van der Waals surface area contributed by atoms with Crippen molar-refractivity contribution in [3.8, 4) is 0 Å². The smallest absolute Gasteiger partial charge is 0.209 e. The number of aromatic nitrogens is 1. The highest BCUT2D eigenvalue weighted by atomic mass is 35.5. The maximum absolute atomic E-state index is 12.6. The number of hydrogen-bond acceptors (Lipinski definition) is 3. The van der Waals surface area contributed by atoms with E-state index in [9.17, 15) is 8.42 Å². The molecule has 0 radical (unpaired) electrons. The molecule has 2 aromatic rings. The van der Waals surface area contributed by atoms with Crippen LogP contribution in [0.25, 0.3) is 0 Å². The first kappa shape index (κ1) is 14.3. The summed E-state index contributed by atoms with van der Waals surface area (Å²) in [6.45, 7) is 3.30. The Hall–Kier alpha value is -1.10. The second-order valence-corrected chi connectivity index (χ2v) is 6.70. The van der Waals surface area contributed by atoms with Gasteiger partial charge in [-0.3, -0.25) is 4.98 Å². The lowest BCUT2D eigenvalue weighted by atomic mass is 10.3. The van der Waals surface area contributed by atoms with Gasteiger partial charge in [0.1, 0.15) is 4.90 Å². The molecule has 0 unspecified atom stereocenters. The van der Waals surface area contributed by atoms with Gasteiger partial charge in [0.15, 0.2) is 0 Å². The van der Waals surface area contributed by atoms with Crippen molar-refractivity contribution in [3.63, 3.8) is 0 Å². The predicted octanol–water partition coefficient (Wildman–Crippen LogP) is 3.84. The fraction of sp³-hybridized carbons (Fsp3) is 0.154. The summed E-state index contributed by atoms with van der Waals surface area (Å²) >= 11 is 12.2. The van der Waals surface area contributed by atoms with E-state index in [-0.39, 0.29) is 19.8 Å². The summed E-state index contributed by atoms with van der Waals surface area (Å²) in [5, 5.41) is 0.138. The van der Waals surface area contributed by atoms with Crippen molar-refractivity contribution in [2.75, 3.05) is 0 Å². The standard InChI is InChI=1S/C13H11Cl2NO2S/c1-8-11(14)13(12(15)9(2)16-8)19(17,18)10-6-4-3-5-7-10/h3-7H,1-2H3. The van der Waals surface area contributed by atoms with E-state index >= 15 is 0 Å². The normalized spacial score (nSPS) is 11.6. The zero-order valence-corrected chi connectivity index (χ0v) is 12.6.